The van der Waals surface area contributed by atoms with Crippen molar-refractivity contribution in [3.63, 3.8) is 0 Å². The van der Waals surface area contributed by atoms with Crippen LogP contribution < -0.4 is 0 Å². The number of fused-ring (bicyclic) bond motifs is 5. The fourth-order valence-corrected chi connectivity index (χ4v) is 6.86. The quantitative estimate of drug-likeness (QED) is 0.718. The Morgan fingerprint density at radius 2 is 1.87 bits per heavy atom. The minimum absolute atomic E-state index is 0.0306. The molecule has 0 spiro atoms. The van der Waals surface area contributed by atoms with Crippen molar-refractivity contribution < 1.29 is 19.8 Å². The highest BCUT2D eigenvalue weighted by atomic mass is 16.3. The number of ketones is 2. The van der Waals surface area contributed by atoms with Crippen LogP contribution in [0.2, 0.25) is 0 Å². The number of carbonyl (C=O) groups is 2. The molecule has 0 heterocycles. The highest BCUT2D eigenvalue weighted by molar-refractivity contribution is 5.91. The lowest BCUT2D eigenvalue weighted by molar-refractivity contribution is -0.220. The van der Waals surface area contributed by atoms with Crippen LogP contribution in [0.4, 0.5) is 0 Å². The number of Topliss-reactive ketones (excluding diaryl/α,β-unsaturated/α-hetero) is 2. The lowest BCUT2D eigenvalue weighted by Crippen LogP contribution is -2.69. The maximum atomic E-state index is 13.1. The number of hydrogen-bond acceptors (Lipinski definition) is 4. The molecule has 4 fully saturated rings. The molecular formula is C19H28O4. The van der Waals surface area contributed by atoms with Gasteiger partial charge >= 0.3 is 0 Å². The summed E-state index contributed by atoms with van der Waals surface area (Å²) < 4.78 is 0. The SMILES string of the molecule is C[C@]12CC(=O)[C@@]3(O)[C@@H](CC[C@H]4CC(=O)CC[C@@]43C)[C@@H]1C[C@@H](O)C2. The third kappa shape index (κ3) is 1.85. The molecule has 4 aliphatic rings. The monoisotopic (exact) mass is 320 g/mol. The normalized spacial score (nSPS) is 56.0. The van der Waals surface area contributed by atoms with Crippen LogP contribution in [0.15, 0.2) is 0 Å². The Bertz CT molecular complexity index is 572. The molecule has 4 saturated carbocycles. The lowest BCUT2D eigenvalue weighted by Gasteiger charge is -2.63. The molecular weight excluding hydrogens is 292 g/mol. The fraction of sp³-hybridized carbons (Fsp3) is 0.895. The van der Waals surface area contributed by atoms with Crippen molar-refractivity contribution in [1.82, 2.24) is 0 Å². The molecule has 0 saturated heterocycles. The fourth-order valence-electron chi connectivity index (χ4n) is 6.86. The molecule has 23 heavy (non-hydrogen) atoms. The van der Waals surface area contributed by atoms with Gasteiger partial charge in [0.25, 0.3) is 0 Å². The van der Waals surface area contributed by atoms with Crippen molar-refractivity contribution in [2.24, 2.45) is 28.6 Å². The summed E-state index contributed by atoms with van der Waals surface area (Å²) in [6.45, 7) is 4.16. The van der Waals surface area contributed by atoms with Gasteiger partial charge in [-0.1, -0.05) is 13.8 Å². The highest BCUT2D eigenvalue weighted by Crippen LogP contribution is 2.66. The summed E-state index contributed by atoms with van der Waals surface area (Å²) in [5, 5.41) is 21.9. The van der Waals surface area contributed by atoms with Crippen LogP contribution >= 0.6 is 0 Å². The summed E-state index contributed by atoms with van der Waals surface area (Å²) in [7, 11) is 0. The molecule has 128 valence electrons. The van der Waals surface area contributed by atoms with Crippen LogP contribution in [0, 0.1) is 28.6 Å². The molecule has 4 aliphatic carbocycles. The third-order valence-corrected chi connectivity index (χ3v) is 8.13. The summed E-state index contributed by atoms with van der Waals surface area (Å²) in [6, 6.07) is 0. The van der Waals surface area contributed by atoms with Crippen molar-refractivity contribution >= 4 is 11.6 Å². The second-order valence-electron chi connectivity index (χ2n) is 9.26. The summed E-state index contributed by atoms with van der Waals surface area (Å²) in [6.07, 6.45) is 4.76. The molecule has 4 nitrogen and oxygen atoms in total. The lowest BCUT2D eigenvalue weighted by atomic mass is 9.42. The first-order valence-corrected chi connectivity index (χ1v) is 9.16. The zero-order valence-electron chi connectivity index (χ0n) is 14.2. The van der Waals surface area contributed by atoms with E-state index < -0.39 is 11.0 Å². The van der Waals surface area contributed by atoms with Gasteiger partial charge in [0, 0.05) is 24.7 Å². The van der Waals surface area contributed by atoms with E-state index in [0.29, 0.717) is 38.5 Å². The average molecular weight is 320 g/mol. The van der Waals surface area contributed by atoms with Gasteiger partial charge < -0.3 is 10.2 Å². The van der Waals surface area contributed by atoms with Gasteiger partial charge in [0.15, 0.2) is 5.78 Å². The van der Waals surface area contributed by atoms with Crippen LogP contribution in [0.3, 0.4) is 0 Å². The van der Waals surface area contributed by atoms with Crippen LogP contribution in [-0.4, -0.2) is 33.5 Å². The number of hydrogen-bond donors (Lipinski definition) is 2. The second-order valence-corrected chi connectivity index (χ2v) is 9.26. The standard InChI is InChI=1S/C19H28O4/c1-17-9-13(21)8-15(17)14-4-3-11-7-12(20)5-6-18(11,2)19(14,23)16(22)10-17/h11,13-15,21,23H,3-10H2,1-2H3/t11-,13+,14-,15-,17-,18-,19-/m0/s1. The zero-order chi connectivity index (χ0) is 16.6. The Kier molecular flexibility index (Phi) is 3.20. The summed E-state index contributed by atoms with van der Waals surface area (Å²) in [5.74, 6) is 0.538. The van der Waals surface area contributed by atoms with E-state index in [-0.39, 0.29) is 40.8 Å². The van der Waals surface area contributed by atoms with Gasteiger partial charge in [0.05, 0.1) is 6.10 Å². The molecule has 4 rings (SSSR count). The Balaban J connectivity index is 1.77. The Morgan fingerprint density at radius 3 is 2.61 bits per heavy atom. The molecule has 0 aromatic heterocycles. The van der Waals surface area contributed by atoms with E-state index in [9.17, 15) is 19.8 Å². The van der Waals surface area contributed by atoms with Crippen molar-refractivity contribution in [2.45, 2.75) is 76.9 Å². The first kappa shape index (κ1) is 15.8. The molecule has 2 N–H and O–H groups in total. The van der Waals surface area contributed by atoms with Crippen LogP contribution in [-0.2, 0) is 9.59 Å². The third-order valence-electron chi connectivity index (χ3n) is 8.13. The van der Waals surface area contributed by atoms with Crippen molar-refractivity contribution in [1.29, 1.82) is 0 Å². The molecule has 4 heteroatoms. The van der Waals surface area contributed by atoms with Crippen molar-refractivity contribution in [3.8, 4) is 0 Å². The molecule has 0 bridgehead atoms. The minimum Gasteiger partial charge on any atom is -0.393 e. The topological polar surface area (TPSA) is 74.6 Å². The highest BCUT2D eigenvalue weighted by Gasteiger charge is 2.69. The van der Waals surface area contributed by atoms with Crippen LogP contribution in [0.1, 0.15) is 65.2 Å². The largest absolute Gasteiger partial charge is 0.393 e. The number of aliphatic hydroxyl groups is 2. The van der Waals surface area contributed by atoms with Gasteiger partial charge in [-0.15, -0.1) is 0 Å². The molecule has 0 aromatic rings. The van der Waals surface area contributed by atoms with Crippen LogP contribution in [0.5, 0.6) is 0 Å². The first-order chi connectivity index (χ1) is 10.7. The maximum Gasteiger partial charge on any atom is 0.165 e. The Labute approximate surface area is 137 Å². The zero-order valence-corrected chi connectivity index (χ0v) is 14.2. The van der Waals surface area contributed by atoms with E-state index in [1.807, 2.05) is 6.92 Å². The van der Waals surface area contributed by atoms with E-state index in [1.54, 1.807) is 0 Å². The Hall–Kier alpha value is -0.740. The number of carbonyl (C=O) groups excluding carboxylic acids is 2. The summed E-state index contributed by atoms with van der Waals surface area (Å²) in [4.78, 5) is 25.0. The van der Waals surface area contributed by atoms with E-state index >= 15 is 0 Å². The van der Waals surface area contributed by atoms with E-state index in [1.165, 1.54) is 0 Å². The van der Waals surface area contributed by atoms with E-state index in [0.717, 1.165) is 12.8 Å². The summed E-state index contributed by atoms with van der Waals surface area (Å²) in [5.41, 5.74) is -1.94. The van der Waals surface area contributed by atoms with E-state index in [2.05, 4.69) is 6.92 Å². The molecule has 0 unspecified atom stereocenters. The minimum atomic E-state index is -1.30. The molecule has 0 amide bonds. The summed E-state index contributed by atoms with van der Waals surface area (Å²) >= 11 is 0. The van der Waals surface area contributed by atoms with Gasteiger partial charge in [0.1, 0.15) is 11.4 Å². The van der Waals surface area contributed by atoms with Gasteiger partial charge in [-0.3, -0.25) is 9.59 Å². The van der Waals surface area contributed by atoms with Gasteiger partial charge in [0.2, 0.25) is 0 Å². The van der Waals surface area contributed by atoms with E-state index in [4.69, 9.17) is 0 Å². The molecule has 0 aliphatic heterocycles. The number of aliphatic hydroxyl groups excluding tert-OH is 1. The van der Waals surface area contributed by atoms with Crippen molar-refractivity contribution in [2.75, 3.05) is 0 Å². The van der Waals surface area contributed by atoms with Gasteiger partial charge in [-0.05, 0) is 55.3 Å². The first-order valence-electron chi connectivity index (χ1n) is 9.16. The maximum absolute atomic E-state index is 13.1. The predicted octanol–water partition coefficient (Wildman–Crippen LogP) is 2.25. The van der Waals surface area contributed by atoms with Crippen molar-refractivity contribution in [3.05, 3.63) is 0 Å². The molecule has 0 radical (unpaired) electrons. The Morgan fingerprint density at radius 1 is 1.13 bits per heavy atom. The average Bonchev–Trinajstić information content (AvgIpc) is 2.76. The molecule has 0 aromatic carbocycles. The van der Waals surface area contributed by atoms with Crippen LogP contribution in [0.25, 0.3) is 0 Å². The predicted molar refractivity (Wildman–Crippen MR) is 84.6 cm³/mol. The van der Waals surface area contributed by atoms with Gasteiger partial charge in [-0.25, -0.2) is 0 Å². The number of rotatable bonds is 0. The van der Waals surface area contributed by atoms with Gasteiger partial charge in [-0.2, -0.15) is 0 Å². The smallest absolute Gasteiger partial charge is 0.165 e. The second kappa shape index (κ2) is 4.66. The molecule has 7 atom stereocenters.